The van der Waals surface area contributed by atoms with Gasteiger partial charge in [-0.05, 0) is 48.2 Å². The summed E-state index contributed by atoms with van der Waals surface area (Å²) in [6.45, 7) is 2.59. The molecule has 1 aromatic heterocycles. The van der Waals surface area contributed by atoms with Crippen LogP contribution in [0.4, 0.5) is 11.5 Å². The summed E-state index contributed by atoms with van der Waals surface area (Å²) < 4.78 is 0. The molecule has 1 aliphatic heterocycles. The topological polar surface area (TPSA) is 85.3 Å². The van der Waals surface area contributed by atoms with Gasteiger partial charge in [0, 0.05) is 18.6 Å². The maximum Gasteiger partial charge on any atom is 0.387 e. The molecular weight excluding hydrogens is 232 g/mol. The van der Waals surface area contributed by atoms with Crippen molar-refractivity contribution in [2.75, 3.05) is 11.4 Å². The van der Waals surface area contributed by atoms with Gasteiger partial charge >= 0.3 is 5.82 Å². The third-order valence-corrected chi connectivity index (χ3v) is 3.52. The standard InChI is InChI=1S/C12H18N4O2/c1-9-4-2-5-10(8-13)15(9)11-6-3-7-14-12(11)16(17)18/h3,6-7,9-10H,2,4-5,8,13H2,1H3. The third-order valence-electron chi connectivity index (χ3n) is 3.52. The van der Waals surface area contributed by atoms with E-state index >= 15 is 0 Å². The molecule has 0 aliphatic carbocycles. The van der Waals surface area contributed by atoms with Gasteiger partial charge in [-0.1, -0.05) is 0 Å². The second-order valence-electron chi connectivity index (χ2n) is 4.68. The van der Waals surface area contributed by atoms with Crippen molar-refractivity contribution in [1.29, 1.82) is 0 Å². The molecule has 2 unspecified atom stereocenters. The molecule has 1 fully saturated rings. The van der Waals surface area contributed by atoms with Crippen molar-refractivity contribution < 1.29 is 4.92 Å². The van der Waals surface area contributed by atoms with Crippen molar-refractivity contribution in [3.05, 3.63) is 28.4 Å². The molecule has 0 bridgehead atoms. The fourth-order valence-electron chi connectivity index (χ4n) is 2.68. The largest absolute Gasteiger partial charge is 0.387 e. The summed E-state index contributed by atoms with van der Waals surface area (Å²) in [5, 5.41) is 11.1. The van der Waals surface area contributed by atoms with Gasteiger partial charge < -0.3 is 20.7 Å². The van der Waals surface area contributed by atoms with Crippen LogP contribution in [0.1, 0.15) is 26.2 Å². The van der Waals surface area contributed by atoms with E-state index in [4.69, 9.17) is 5.73 Å². The summed E-state index contributed by atoms with van der Waals surface area (Å²) in [5.74, 6) is -0.0790. The maximum atomic E-state index is 11.1. The van der Waals surface area contributed by atoms with Gasteiger partial charge in [-0.3, -0.25) is 0 Å². The monoisotopic (exact) mass is 250 g/mol. The third kappa shape index (κ3) is 2.28. The Hall–Kier alpha value is -1.69. The highest BCUT2D eigenvalue weighted by molar-refractivity contribution is 5.60. The molecule has 98 valence electrons. The van der Waals surface area contributed by atoms with Crippen LogP contribution < -0.4 is 10.6 Å². The molecule has 2 heterocycles. The lowest BCUT2D eigenvalue weighted by Crippen LogP contribution is -2.49. The highest BCUT2D eigenvalue weighted by atomic mass is 16.6. The van der Waals surface area contributed by atoms with E-state index in [1.54, 1.807) is 12.1 Å². The normalized spacial score (nSPS) is 24.0. The molecule has 18 heavy (non-hydrogen) atoms. The van der Waals surface area contributed by atoms with Crippen LogP contribution in [0.5, 0.6) is 0 Å². The van der Waals surface area contributed by atoms with Crippen molar-refractivity contribution in [3.8, 4) is 0 Å². The molecule has 0 radical (unpaired) electrons. The van der Waals surface area contributed by atoms with Gasteiger partial charge in [0.05, 0.1) is 0 Å². The van der Waals surface area contributed by atoms with Gasteiger partial charge in [0.1, 0.15) is 11.9 Å². The van der Waals surface area contributed by atoms with E-state index in [0.717, 1.165) is 19.3 Å². The van der Waals surface area contributed by atoms with Crippen molar-refractivity contribution in [2.24, 2.45) is 5.73 Å². The highest BCUT2D eigenvalue weighted by Crippen LogP contribution is 2.33. The van der Waals surface area contributed by atoms with Gasteiger partial charge in [0.15, 0.2) is 0 Å². The van der Waals surface area contributed by atoms with E-state index in [2.05, 4.69) is 16.8 Å². The summed E-state index contributed by atoms with van der Waals surface area (Å²) in [6, 6.07) is 3.92. The predicted molar refractivity (Wildman–Crippen MR) is 69.5 cm³/mol. The minimum atomic E-state index is -0.426. The van der Waals surface area contributed by atoms with E-state index in [0.29, 0.717) is 12.2 Å². The lowest BCUT2D eigenvalue weighted by molar-refractivity contribution is -0.388. The smallest absolute Gasteiger partial charge is 0.358 e. The zero-order valence-electron chi connectivity index (χ0n) is 10.5. The molecule has 2 atom stereocenters. The fraction of sp³-hybridized carbons (Fsp3) is 0.583. The quantitative estimate of drug-likeness (QED) is 0.651. The number of nitrogens with zero attached hydrogens (tertiary/aromatic N) is 3. The molecule has 0 saturated carbocycles. The molecule has 0 spiro atoms. The number of pyridine rings is 1. The summed E-state index contributed by atoms with van der Waals surface area (Å²) in [5.41, 5.74) is 6.38. The minimum Gasteiger partial charge on any atom is -0.358 e. The Balaban J connectivity index is 2.41. The highest BCUT2D eigenvalue weighted by Gasteiger charge is 2.31. The van der Waals surface area contributed by atoms with Gasteiger partial charge in [-0.2, -0.15) is 0 Å². The van der Waals surface area contributed by atoms with Crippen molar-refractivity contribution in [1.82, 2.24) is 4.98 Å². The first-order valence-corrected chi connectivity index (χ1v) is 6.23. The Kier molecular flexibility index (Phi) is 3.76. The van der Waals surface area contributed by atoms with E-state index in [1.165, 1.54) is 6.20 Å². The average molecular weight is 250 g/mol. The number of nitro groups is 1. The van der Waals surface area contributed by atoms with Crippen LogP contribution in [0.3, 0.4) is 0 Å². The second-order valence-corrected chi connectivity index (χ2v) is 4.68. The Morgan fingerprint density at radius 3 is 3.06 bits per heavy atom. The Labute approximate surface area is 106 Å². The van der Waals surface area contributed by atoms with Crippen LogP contribution >= 0.6 is 0 Å². The first-order chi connectivity index (χ1) is 8.65. The lowest BCUT2D eigenvalue weighted by atomic mass is 9.95. The van der Waals surface area contributed by atoms with E-state index in [1.807, 2.05) is 0 Å². The van der Waals surface area contributed by atoms with Crippen LogP contribution in [0.2, 0.25) is 0 Å². The lowest BCUT2D eigenvalue weighted by Gasteiger charge is -2.41. The molecule has 0 aromatic carbocycles. The number of hydrogen-bond acceptors (Lipinski definition) is 5. The van der Waals surface area contributed by atoms with Gasteiger partial charge in [0.25, 0.3) is 0 Å². The second kappa shape index (κ2) is 5.30. The molecule has 1 saturated heterocycles. The van der Waals surface area contributed by atoms with Gasteiger partial charge in [-0.25, -0.2) is 0 Å². The molecule has 2 N–H and O–H groups in total. The van der Waals surface area contributed by atoms with Gasteiger partial charge in [-0.15, -0.1) is 0 Å². The van der Waals surface area contributed by atoms with Crippen LogP contribution in [-0.2, 0) is 0 Å². The van der Waals surface area contributed by atoms with Crippen LogP contribution in [0.25, 0.3) is 0 Å². The fourth-order valence-corrected chi connectivity index (χ4v) is 2.68. The molecule has 0 amide bonds. The number of piperidine rings is 1. The number of anilines is 1. The minimum absolute atomic E-state index is 0.0790. The predicted octanol–water partition coefficient (Wildman–Crippen LogP) is 1.70. The van der Waals surface area contributed by atoms with Crippen molar-refractivity contribution >= 4 is 11.5 Å². The Morgan fingerprint density at radius 1 is 1.61 bits per heavy atom. The van der Waals surface area contributed by atoms with Crippen LogP contribution in [-0.4, -0.2) is 28.5 Å². The molecule has 2 rings (SSSR count). The van der Waals surface area contributed by atoms with E-state index < -0.39 is 4.92 Å². The van der Waals surface area contributed by atoms with E-state index in [9.17, 15) is 10.1 Å². The molecule has 6 heteroatoms. The maximum absolute atomic E-state index is 11.1. The van der Waals surface area contributed by atoms with Crippen molar-refractivity contribution in [3.63, 3.8) is 0 Å². The summed E-state index contributed by atoms with van der Waals surface area (Å²) in [6.07, 6.45) is 4.58. The number of hydrogen-bond donors (Lipinski definition) is 1. The number of nitrogens with two attached hydrogens (primary N) is 1. The van der Waals surface area contributed by atoms with E-state index in [-0.39, 0.29) is 17.9 Å². The summed E-state index contributed by atoms with van der Waals surface area (Å²) in [4.78, 5) is 16.6. The van der Waals surface area contributed by atoms with Crippen LogP contribution in [0, 0.1) is 10.1 Å². The zero-order valence-corrected chi connectivity index (χ0v) is 10.5. The molecule has 6 nitrogen and oxygen atoms in total. The Bertz CT molecular complexity index is 438. The summed E-state index contributed by atoms with van der Waals surface area (Å²) >= 11 is 0. The van der Waals surface area contributed by atoms with Gasteiger partial charge in [0.2, 0.25) is 0 Å². The SMILES string of the molecule is CC1CCCC(CN)N1c1cccnc1[N+](=O)[O-]. The molecule has 1 aliphatic rings. The average Bonchev–Trinajstić information content (AvgIpc) is 2.38. The van der Waals surface area contributed by atoms with Crippen LogP contribution in [0.15, 0.2) is 18.3 Å². The number of aromatic nitrogens is 1. The molecular formula is C12H18N4O2. The first kappa shape index (κ1) is 12.8. The Morgan fingerprint density at radius 2 is 2.39 bits per heavy atom. The summed E-state index contributed by atoms with van der Waals surface area (Å²) in [7, 11) is 0. The van der Waals surface area contributed by atoms with Crippen molar-refractivity contribution in [2.45, 2.75) is 38.3 Å². The first-order valence-electron chi connectivity index (χ1n) is 6.23. The number of rotatable bonds is 3. The zero-order chi connectivity index (χ0) is 13.1. The molecule has 1 aromatic rings.